The summed E-state index contributed by atoms with van der Waals surface area (Å²) in [6, 6.07) is 0. The summed E-state index contributed by atoms with van der Waals surface area (Å²) in [4.78, 5) is 10.0. The van der Waals surface area contributed by atoms with E-state index in [1.165, 1.54) is 0 Å². The van der Waals surface area contributed by atoms with Crippen LogP contribution in [0.4, 0.5) is 4.39 Å². The van der Waals surface area contributed by atoms with Gasteiger partial charge in [0.1, 0.15) is 0 Å². The van der Waals surface area contributed by atoms with Crippen LogP contribution in [0.1, 0.15) is 26.2 Å². The van der Waals surface area contributed by atoms with Crippen LogP contribution in [0.2, 0.25) is 0 Å². The Morgan fingerprint density at radius 3 is 2.60 bits per heavy atom. The van der Waals surface area contributed by atoms with Crippen molar-refractivity contribution in [3.63, 3.8) is 0 Å². The molecule has 2 nitrogen and oxygen atoms in total. The number of hydrogen-bond acceptors (Lipinski definition) is 1. The van der Waals surface area contributed by atoms with Gasteiger partial charge in [-0.15, -0.1) is 0 Å². The summed E-state index contributed by atoms with van der Waals surface area (Å²) in [5.74, 6) is -0.605. The van der Waals surface area contributed by atoms with E-state index in [-0.39, 0.29) is 19.0 Å². The van der Waals surface area contributed by atoms with Gasteiger partial charge in [0.2, 0.25) is 0 Å². The van der Waals surface area contributed by atoms with Gasteiger partial charge in [0.25, 0.3) is 0 Å². The number of halogens is 1. The highest BCUT2D eigenvalue weighted by molar-refractivity contribution is 5.66. The fourth-order valence-corrected chi connectivity index (χ4v) is 0.700. The van der Waals surface area contributed by atoms with E-state index in [1.807, 2.05) is 6.92 Å². The molecule has 0 aromatic carbocycles. The fraction of sp³-hybridized carbons (Fsp3) is 0.857. The lowest BCUT2D eigenvalue weighted by Gasteiger charge is -2.04. The van der Waals surface area contributed by atoms with Crippen LogP contribution in [0.25, 0.3) is 0 Å². The molecule has 60 valence electrons. The molecule has 0 aromatic rings. The van der Waals surface area contributed by atoms with E-state index in [0.29, 0.717) is 12.8 Å². The highest BCUT2D eigenvalue weighted by Gasteiger charge is 2.04. The molecule has 0 saturated carbocycles. The molecule has 0 spiro atoms. The number of hydrogen-bond donors (Lipinski definition) is 1. The van der Waals surface area contributed by atoms with Gasteiger partial charge in [-0.25, -0.2) is 0 Å². The predicted molar refractivity (Wildman–Crippen MR) is 36.6 cm³/mol. The Bertz CT molecular complexity index is 104. The molecule has 0 rings (SSSR count). The van der Waals surface area contributed by atoms with Crippen molar-refractivity contribution in [1.82, 2.24) is 0 Å². The second kappa shape index (κ2) is 5.21. The molecule has 0 bridgehead atoms. The summed E-state index contributed by atoms with van der Waals surface area (Å²) in [5.41, 5.74) is 0. The first-order valence-corrected chi connectivity index (χ1v) is 3.44. The Morgan fingerprint density at radius 1 is 1.60 bits per heavy atom. The molecule has 0 radical (unpaired) electrons. The van der Waals surface area contributed by atoms with Gasteiger partial charge in [-0.1, -0.05) is 6.92 Å². The van der Waals surface area contributed by atoms with Crippen molar-refractivity contribution in [3.8, 4) is 0 Å². The van der Waals surface area contributed by atoms with E-state index in [2.05, 4.69) is 0 Å². The van der Waals surface area contributed by atoms with Crippen LogP contribution in [0.5, 0.6) is 0 Å². The summed E-state index contributed by atoms with van der Waals surface area (Å²) < 4.78 is 11.6. The van der Waals surface area contributed by atoms with Crippen LogP contribution in [-0.4, -0.2) is 17.8 Å². The molecule has 0 aromatic heterocycles. The number of aliphatic carboxylic acids is 1. The van der Waals surface area contributed by atoms with Crippen molar-refractivity contribution < 1.29 is 14.3 Å². The van der Waals surface area contributed by atoms with Crippen LogP contribution in [0, 0.1) is 5.92 Å². The summed E-state index contributed by atoms with van der Waals surface area (Å²) >= 11 is 0. The largest absolute Gasteiger partial charge is 0.481 e. The minimum atomic E-state index is -0.800. The zero-order valence-electron chi connectivity index (χ0n) is 6.14. The molecular weight excluding hydrogens is 135 g/mol. The highest BCUT2D eigenvalue weighted by atomic mass is 19.1. The maximum Gasteiger partial charge on any atom is 0.303 e. The van der Waals surface area contributed by atoms with E-state index in [0.717, 1.165) is 0 Å². The summed E-state index contributed by atoms with van der Waals surface area (Å²) in [6.07, 6.45) is 1.22. The minimum absolute atomic E-state index is 0.154. The van der Waals surface area contributed by atoms with Crippen molar-refractivity contribution in [2.24, 2.45) is 5.92 Å². The molecule has 10 heavy (non-hydrogen) atoms. The quantitative estimate of drug-likeness (QED) is 0.646. The van der Waals surface area contributed by atoms with Gasteiger partial charge in [-0.05, 0) is 18.8 Å². The number of rotatable bonds is 5. The number of carboxylic acid groups (broad SMARTS) is 1. The molecule has 0 aliphatic rings. The average molecular weight is 148 g/mol. The SMILES string of the molecule is CC(CCF)CCC(=O)O. The third-order valence-electron chi connectivity index (χ3n) is 1.45. The van der Waals surface area contributed by atoms with Crippen LogP contribution in [0.3, 0.4) is 0 Å². The molecule has 0 saturated heterocycles. The fourth-order valence-electron chi connectivity index (χ4n) is 0.700. The molecule has 1 unspecified atom stereocenters. The van der Waals surface area contributed by atoms with Gasteiger partial charge in [0, 0.05) is 6.42 Å². The number of alkyl halides is 1. The Morgan fingerprint density at radius 2 is 2.20 bits per heavy atom. The summed E-state index contributed by atoms with van der Waals surface area (Å²) in [5, 5.41) is 8.24. The molecule has 0 fully saturated rings. The van der Waals surface area contributed by atoms with Gasteiger partial charge in [-0.3, -0.25) is 9.18 Å². The van der Waals surface area contributed by atoms with E-state index in [4.69, 9.17) is 5.11 Å². The summed E-state index contributed by atoms with van der Waals surface area (Å²) in [6.45, 7) is 1.52. The van der Waals surface area contributed by atoms with Gasteiger partial charge < -0.3 is 5.11 Å². The highest BCUT2D eigenvalue weighted by Crippen LogP contribution is 2.09. The summed E-state index contributed by atoms with van der Waals surface area (Å²) in [7, 11) is 0. The van der Waals surface area contributed by atoms with Crippen molar-refractivity contribution in [2.75, 3.05) is 6.67 Å². The predicted octanol–water partition coefficient (Wildman–Crippen LogP) is 1.85. The van der Waals surface area contributed by atoms with Crippen LogP contribution in [0.15, 0.2) is 0 Å². The standard InChI is InChI=1S/C7H13FO2/c1-6(4-5-8)2-3-7(9)10/h6H,2-5H2,1H3,(H,9,10). The molecule has 0 heterocycles. The van der Waals surface area contributed by atoms with Crippen LogP contribution in [-0.2, 0) is 4.79 Å². The van der Waals surface area contributed by atoms with Gasteiger partial charge in [-0.2, -0.15) is 0 Å². The van der Waals surface area contributed by atoms with Gasteiger partial charge >= 0.3 is 5.97 Å². The van der Waals surface area contributed by atoms with Crippen molar-refractivity contribution in [2.45, 2.75) is 26.2 Å². The normalized spacial score (nSPS) is 13.0. The van der Waals surface area contributed by atoms with E-state index in [9.17, 15) is 9.18 Å². The second-order valence-corrected chi connectivity index (χ2v) is 2.52. The monoisotopic (exact) mass is 148 g/mol. The lowest BCUT2D eigenvalue weighted by atomic mass is 10.0. The van der Waals surface area contributed by atoms with Crippen LogP contribution < -0.4 is 0 Å². The smallest absolute Gasteiger partial charge is 0.303 e. The molecule has 0 amide bonds. The van der Waals surface area contributed by atoms with Crippen molar-refractivity contribution in [3.05, 3.63) is 0 Å². The van der Waals surface area contributed by atoms with E-state index < -0.39 is 5.97 Å². The maximum atomic E-state index is 11.6. The molecule has 0 aliphatic carbocycles. The lowest BCUT2D eigenvalue weighted by Crippen LogP contribution is -2.01. The van der Waals surface area contributed by atoms with E-state index in [1.54, 1.807) is 0 Å². The maximum absolute atomic E-state index is 11.6. The van der Waals surface area contributed by atoms with Crippen LogP contribution >= 0.6 is 0 Å². The van der Waals surface area contributed by atoms with Crippen molar-refractivity contribution in [1.29, 1.82) is 0 Å². The lowest BCUT2D eigenvalue weighted by molar-refractivity contribution is -0.137. The molecule has 1 atom stereocenters. The zero-order valence-corrected chi connectivity index (χ0v) is 6.14. The Labute approximate surface area is 60.1 Å². The Hall–Kier alpha value is -0.600. The topological polar surface area (TPSA) is 37.3 Å². The Kier molecular flexibility index (Phi) is 4.89. The van der Waals surface area contributed by atoms with Gasteiger partial charge in [0.15, 0.2) is 0 Å². The van der Waals surface area contributed by atoms with E-state index >= 15 is 0 Å². The molecular formula is C7H13FO2. The second-order valence-electron chi connectivity index (χ2n) is 2.52. The third-order valence-corrected chi connectivity index (χ3v) is 1.45. The molecule has 1 N–H and O–H groups in total. The first kappa shape index (κ1) is 9.40. The third kappa shape index (κ3) is 5.54. The number of carbonyl (C=O) groups is 1. The van der Waals surface area contributed by atoms with Crippen molar-refractivity contribution >= 4 is 5.97 Å². The average Bonchev–Trinajstić information content (AvgIpc) is 1.85. The first-order valence-electron chi connectivity index (χ1n) is 3.44. The molecule has 0 aliphatic heterocycles. The Balaban J connectivity index is 3.21. The van der Waals surface area contributed by atoms with Gasteiger partial charge in [0.05, 0.1) is 6.67 Å². The minimum Gasteiger partial charge on any atom is -0.481 e. The first-order chi connectivity index (χ1) is 4.66. The molecule has 3 heteroatoms. The zero-order chi connectivity index (χ0) is 7.98. The number of carboxylic acids is 1.